The van der Waals surface area contributed by atoms with Gasteiger partial charge in [0.25, 0.3) is 5.91 Å². The number of H-pyrrole nitrogens is 1. The van der Waals surface area contributed by atoms with Crippen LogP contribution in [-0.2, 0) is 4.79 Å². The fourth-order valence-electron chi connectivity index (χ4n) is 3.48. The average molecular weight is 522 g/mol. The predicted octanol–water partition coefficient (Wildman–Crippen LogP) is 3.84. The molecule has 1 atom stereocenters. The number of nitrogens with zero attached hydrogens (tertiary/aromatic N) is 4. The third-order valence-electron chi connectivity index (χ3n) is 4.99. The van der Waals surface area contributed by atoms with Crippen molar-refractivity contribution in [2.45, 2.75) is 6.04 Å². The minimum absolute atomic E-state index is 0.142. The van der Waals surface area contributed by atoms with Crippen LogP contribution >= 0.6 is 22.9 Å². The molecule has 2 aromatic carbocycles. The zero-order valence-corrected chi connectivity index (χ0v) is 18.1. The van der Waals surface area contributed by atoms with Crippen LogP contribution in [0.15, 0.2) is 67.0 Å². The van der Waals surface area contributed by atoms with Crippen molar-refractivity contribution in [3.63, 3.8) is 0 Å². The third-order valence-corrected chi connectivity index (χ3v) is 5.73. The number of amides is 1. The van der Waals surface area contributed by atoms with Crippen LogP contribution in [0.5, 0.6) is 0 Å². The second-order valence-electron chi connectivity index (χ2n) is 6.91. The van der Waals surface area contributed by atoms with E-state index < -0.39 is 11.9 Å². The minimum Gasteiger partial charge on any atom is -0.336 e. The second-order valence-corrected chi connectivity index (χ2v) is 7.83. The maximum Gasteiger partial charge on any atom is 0.287 e. The smallest absolute Gasteiger partial charge is 0.287 e. The minimum atomic E-state index is -0.748. The number of aromatic nitrogens is 5. The molecule has 0 unspecified atom stereocenters. The van der Waals surface area contributed by atoms with Crippen molar-refractivity contribution >= 4 is 57.0 Å². The number of pyridine rings is 1. The Bertz CT molecular complexity index is 1410. The molecular formula is C22H15IN6O2. The monoisotopic (exact) mass is 522 g/mol. The van der Waals surface area contributed by atoms with Crippen LogP contribution in [0.2, 0.25) is 0 Å². The summed E-state index contributed by atoms with van der Waals surface area (Å²) < 4.78 is 1.76. The Labute approximate surface area is 190 Å². The molecule has 0 radical (unpaired) electrons. The molecule has 5 rings (SSSR count). The van der Waals surface area contributed by atoms with Crippen molar-refractivity contribution in [3.8, 4) is 11.3 Å². The first-order chi connectivity index (χ1) is 15.1. The Kier molecular flexibility index (Phi) is 4.94. The second kappa shape index (κ2) is 7.91. The van der Waals surface area contributed by atoms with Crippen molar-refractivity contribution in [2.24, 2.45) is 0 Å². The summed E-state index contributed by atoms with van der Waals surface area (Å²) in [6.45, 7) is 0. The Morgan fingerprint density at radius 1 is 1.13 bits per heavy atom. The number of benzene rings is 2. The van der Waals surface area contributed by atoms with Gasteiger partial charge in [0.15, 0.2) is 5.82 Å². The van der Waals surface area contributed by atoms with Crippen LogP contribution in [0.1, 0.15) is 22.2 Å². The number of halogens is 1. The van der Waals surface area contributed by atoms with Crippen LogP contribution in [0, 0.1) is 0 Å². The Balaban J connectivity index is 1.52. The van der Waals surface area contributed by atoms with E-state index >= 15 is 0 Å². The first-order valence-corrected chi connectivity index (χ1v) is 10.4. The number of nitrogens with one attached hydrogen (secondary N) is 2. The number of rotatable bonds is 5. The van der Waals surface area contributed by atoms with Gasteiger partial charge in [-0.25, -0.2) is 7.88 Å². The molecule has 0 fully saturated rings. The van der Waals surface area contributed by atoms with Crippen LogP contribution in [0.4, 0.5) is 0 Å². The third kappa shape index (κ3) is 3.56. The maximum atomic E-state index is 12.8. The summed E-state index contributed by atoms with van der Waals surface area (Å²) in [5.74, 6) is -0.310. The first-order valence-electron chi connectivity index (χ1n) is 9.44. The van der Waals surface area contributed by atoms with Crippen molar-refractivity contribution in [3.05, 3.63) is 78.4 Å². The van der Waals surface area contributed by atoms with Gasteiger partial charge in [0.2, 0.25) is 0 Å². The molecule has 0 aliphatic carbocycles. The molecule has 3 heterocycles. The maximum absolute atomic E-state index is 12.8. The fraction of sp³-hybridized carbons (Fsp3) is 0.0455. The first kappa shape index (κ1) is 19.4. The number of hydrogen-bond acceptors (Lipinski definition) is 5. The molecule has 1 amide bonds. The molecule has 3 aromatic heterocycles. The van der Waals surface area contributed by atoms with Crippen molar-refractivity contribution in [2.75, 3.05) is 0 Å². The standard InChI is InChI=1S/C22H15IN6O2/c23-29-19-11-17-16(10-15(19)20(28-29)14-6-8-24-9-7-14)25-21(26-17)22(31)27-18(12-30)13-4-2-1-3-5-13/h1-12,18H,(H,25,26)(H,27,31)/t18-/m1/s1. The number of fused-ring (bicyclic) bond motifs is 2. The van der Waals surface area contributed by atoms with Crippen LogP contribution in [-0.4, -0.2) is 35.1 Å². The Hall–Kier alpha value is -3.60. The highest BCUT2D eigenvalue weighted by molar-refractivity contribution is 14.1. The van der Waals surface area contributed by atoms with E-state index in [2.05, 4.69) is 48.2 Å². The van der Waals surface area contributed by atoms with E-state index in [9.17, 15) is 9.59 Å². The van der Waals surface area contributed by atoms with E-state index in [1.54, 1.807) is 27.4 Å². The number of aldehydes is 1. The number of hydrogen-bond donors (Lipinski definition) is 2. The van der Waals surface area contributed by atoms with Gasteiger partial charge in [-0.3, -0.25) is 9.78 Å². The van der Waals surface area contributed by atoms with Crippen LogP contribution in [0.3, 0.4) is 0 Å². The number of carbonyl (C=O) groups is 2. The molecule has 0 aliphatic heterocycles. The highest BCUT2D eigenvalue weighted by Gasteiger charge is 2.19. The van der Waals surface area contributed by atoms with Gasteiger partial charge in [0.05, 0.1) is 39.4 Å². The SMILES string of the molecule is O=C[C@@H](NC(=O)c1nc2cc3c(-c4ccncc4)nn(I)c3cc2[nH]1)c1ccccc1. The Morgan fingerprint density at radius 2 is 1.90 bits per heavy atom. The summed E-state index contributed by atoms with van der Waals surface area (Å²) in [6, 6.07) is 15.9. The highest BCUT2D eigenvalue weighted by Crippen LogP contribution is 2.31. The molecule has 0 saturated heterocycles. The zero-order chi connectivity index (χ0) is 21.4. The van der Waals surface area contributed by atoms with Gasteiger partial charge < -0.3 is 15.1 Å². The summed E-state index contributed by atoms with van der Waals surface area (Å²) >= 11 is 2.12. The van der Waals surface area contributed by atoms with Gasteiger partial charge in [0, 0.05) is 23.3 Å². The molecule has 5 aromatic rings. The van der Waals surface area contributed by atoms with Gasteiger partial charge >= 0.3 is 0 Å². The molecule has 0 saturated carbocycles. The predicted molar refractivity (Wildman–Crippen MR) is 125 cm³/mol. The molecule has 9 heteroatoms. The van der Waals surface area contributed by atoms with E-state index in [-0.39, 0.29) is 5.82 Å². The van der Waals surface area contributed by atoms with Crippen molar-refractivity contribution < 1.29 is 9.59 Å². The van der Waals surface area contributed by atoms with E-state index in [4.69, 9.17) is 0 Å². The van der Waals surface area contributed by atoms with Gasteiger partial charge in [-0.15, -0.1) is 0 Å². The lowest BCUT2D eigenvalue weighted by Crippen LogP contribution is -2.30. The number of carbonyl (C=O) groups excluding carboxylic acids is 2. The number of aromatic amines is 1. The number of imidazole rings is 1. The van der Waals surface area contributed by atoms with E-state index in [1.807, 2.05) is 42.5 Å². The van der Waals surface area contributed by atoms with Gasteiger partial charge in [-0.1, -0.05) is 30.3 Å². The topological polar surface area (TPSA) is 106 Å². The molecule has 0 spiro atoms. The van der Waals surface area contributed by atoms with Crippen LogP contribution < -0.4 is 5.32 Å². The summed E-state index contributed by atoms with van der Waals surface area (Å²) in [7, 11) is 0. The molecule has 152 valence electrons. The zero-order valence-electron chi connectivity index (χ0n) is 16.0. The lowest BCUT2D eigenvalue weighted by molar-refractivity contribution is -0.109. The van der Waals surface area contributed by atoms with Crippen molar-refractivity contribution in [1.29, 1.82) is 0 Å². The molecule has 31 heavy (non-hydrogen) atoms. The quantitative estimate of drug-likeness (QED) is 0.270. The van der Waals surface area contributed by atoms with Crippen LogP contribution in [0.25, 0.3) is 33.2 Å². The molecule has 0 aliphatic rings. The van der Waals surface area contributed by atoms with E-state index in [0.717, 1.165) is 22.2 Å². The van der Waals surface area contributed by atoms with Crippen molar-refractivity contribution in [1.82, 2.24) is 28.3 Å². The van der Waals surface area contributed by atoms with Gasteiger partial charge in [-0.05, 0) is 29.8 Å². The lowest BCUT2D eigenvalue weighted by atomic mass is 10.1. The largest absolute Gasteiger partial charge is 0.336 e. The molecule has 2 N–H and O–H groups in total. The van der Waals surface area contributed by atoms with Gasteiger partial charge in [-0.2, -0.15) is 5.10 Å². The molecule has 0 bridgehead atoms. The summed E-state index contributed by atoms with van der Waals surface area (Å²) in [6.07, 6.45) is 4.15. The Morgan fingerprint density at radius 3 is 2.65 bits per heavy atom. The normalized spacial score (nSPS) is 12.2. The summed E-state index contributed by atoms with van der Waals surface area (Å²) in [4.78, 5) is 35.8. The van der Waals surface area contributed by atoms with E-state index in [0.29, 0.717) is 22.9 Å². The molecule has 8 nitrogen and oxygen atoms in total. The summed E-state index contributed by atoms with van der Waals surface area (Å²) in [5.41, 5.74) is 4.71. The highest BCUT2D eigenvalue weighted by atomic mass is 127. The lowest BCUT2D eigenvalue weighted by Gasteiger charge is -2.11. The van der Waals surface area contributed by atoms with E-state index in [1.165, 1.54) is 0 Å². The molecular weight excluding hydrogens is 507 g/mol. The van der Waals surface area contributed by atoms with Gasteiger partial charge in [0.1, 0.15) is 18.0 Å². The average Bonchev–Trinajstić information content (AvgIpc) is 3.38. The summed E-state index contributed by atoms with van der Waals surface area (Å²) in [5, 5.41) is 8.26. The fourth-order valence-corrected chi connectivity index (χ4v) is 4.09.